The maximum absolute atomic E-state index is 12.6. The van der Waals surface area contributed by atoms with Gasteiger partial charge >= 0.3 is 5.97 Å². The van der Waals surface area contributed by atoms with Gasteiger partial charge in [-0.15, -0.1) is 0 Å². The third-order valence-electron chi connectivity index (χ3n) is 16.0. The average Bonchev–Trinajstić information content (AvgIpc) is 3.58. The summed E-state index contributed by atoms with van der Waals surface area (Å²) in [7, 11) is 0. The molecule has 0 bridgehead atoms. The van der Waals surface area contributed by atoms with E-state index in [2.05, 4.69) is 132 Å². The van der Waals surface area contributed by atoms with Crippen LogP contribution in [-0.4, -0.2) is 29.9 Å². The predicted molar refractivity (Wildman–Crippen MR) is 227 cm³/mol. The van der Waals surface area contributed by atoms with E-state index in [1.54, 1.807) is 5.57 Å². The van der Waals surface area contributed by atoms with Crippen molar-refractivity contribution in [2.45, 2.75) is 149 Å². The van der Waals surface area contributed by atoms with Gasteiger partial charge in [-0.2, -0.15) is 0 Å². The zero-order chi connectivity index (χ0) is 39.6. The zero-order valence-corrected chi connectivity index (χ0v) is 35.4. The van der Waals surface area contributed by atoms with E-state index in [1.165, 1.54) is 29.5 Å². The predicted octanol–water partition coefficient (Wildman–Crippen LogP) is 12.1. The van der Waals surface area contributed by atoms with E-state index in [0.717, 1.165) is 51.4 Å². The number of allylic oxidation sites excluding steroid dienone is 2. The van der Waals surface area contributed by atoms with E-state index < -0.39 is 0 Å². The van der Waals surface area contributed by atoms with Crippen LogP contribution in [0.15, 0.2) is 103 Å². The molecule has 0 aromatic heterocycles. The number of esters is 1. The lowest BCUT2D eigenvalue weighted by molar-refractivity contribution is -0.324. The summed E-state index contributed by atoms with van der Waals surface area (Å²) in [4.78, 5) is 12.6. The smallest absolute Gasteiger partial charge is 0.306 e. The molecular formula is C52H68O5. The Morgan fingerprint density at radius 2 is 1.35 bits per heavy atom. The molecule has 3 aromatic carbocycles. The first-order valence-electron chi connectivity index (χ1n) is 22.5. The Bertz CT molecular complexity index is 1810. The van der Waals surface area contributed by atoms with Crippen molar-refractivity contribution in [3.05, 3.63) is 119 Å². The highest BCUT2D eigenvalue weighted by Crippen LogP contribution is 2.71. The van der Waals surface area contributed by atoms with Crippen LogP contribution in [0, 0.1) is 46.3 Å². The van der Waals surface area contributed by atoms with E-state index in [0.29, 0.717) is 55.8 Å². The lowest BCUT2D eigenvalue weighted by Gasteiger charge is -2.69. The minimum absolute atomic E-state index is 0.0128. The number of cyclic esters (lactones) is 1. The highest BCUT2D eigenvalue weighted by molar-refractivity contribution is 5.70. The fourth-order valence-corrected chi connectivity index (χ4v) is 12.8. The van der Waals surface area contributed by atoms with Crippen LogP contribution in [0.5, 0.6) is 0 Å². The molecule has 0 amide bonds. The average molecular weight is 773 g/mol. The molecule has 5 heteroatoms. The van der Waals surface area contributed by atoms with E-state index in [1.807, 2.05) is 0 Å². The molecule has 4 fully saturated rings. The van der Waals surface area contributed by atoms with Crippen LogP contribution in [0.3, 0.4) is 0 Å². The van der Waals surface area contributed by atoms with Crippen molar-refractivity contribution in [1.29, 1.82) is 0 Å². The molecule has 1 heterocycles. The fraction of sp³-hybridized carbons (Fsp3) is 0.596. The minimum Gasteiger partial charge on any atom is -0.462 e. The second-order valence-corrected chi connectivity index (χ2v) is 19.4. The van der Waals surface area contributed by atoms with Crippen molar-refractivity contribution in [2.75, 3.05) is 0 Å². The number of carbonyl (C=O) groups is 1. The molecule has 6 unspecified atom stereocenters. The van der Waals surface area contributed by atoms with Crippen molar-refractivity contribution < 1.29 is 23.7 Å². The van der Waals surface area contributed by atoms with Crippen LogP contribution < -0.4 is 0 Å². The molecule has 5 aliphatic rings. The lowest BCUT2D eigenvalue weighted by atomic mass is 9.41. The lowest BCUT2D eigenvalue weighted by Crippen LogP contribution is -2.74. The van der Waals surface area contributed by atoms with Gasteiger partial charge in [-0.05, 0) is 103 Å². The molecule has 3 saturated carbocycles. The summed E-state index contributed by atoms with van der Waals surface area (Å²) in [5, 5.41) is 0. The SMILES string of the molecule is CC(CCC1CC(C(C)C)CC(=O)O1)C1=CCC2C3[C@@H](OCc4ccccc4)[C@H](OCc4ccccc4)C4CCCC[C@]4(C)[C@@]3(OCc3ccccc3)CC[C@]12C. The number of hydrogen-bond acceptors (Lipinski definition) is 5. The van der Waals surface area contributed by atoms with Gasteiger partial charge in [-0.3, -0.25) is 4.79 Å². The summed E-state index contributed by atoms with van der Waals surface area (Å²) in [6, 6.07) is 32.3. The Morgan fingerprint density at radius 3 is 1.98 bits per heavy atom. The number of carbonyl (C=O) groups excluding carboxylic acids is 1. The summed E-state index contributed by atoms with van der Waals surface area (Å²) in [6.07, 6.45) is 13.9. The third kappa shape index (κ3) is 7.95. The van der Waals surface area contributed by atoms with E-state index in [-0.39, 0.29) is 46.6 Å². The maximum atomic E-state index is 12.6. The van der Waals surface area contributed by atoms with E-state index >= 15 is 0 Å². The summed E-state index contributed by atoms with van der Waals surface area (Å²) < 4.78 is 28.5. The van der Waals surface area contributed by atoms with Gasteiger partial charge in [-0.1, -0.05) is 150 Å². The van der Waals surface area contributed by atoms with Gasteiger partial charge in [0.1, 0.15) is 6.10 Å². The Balaban J connectivity index is 1.15. The molecule has 1 aliphatic heterocycles. The topological polar surface area (TPSA) is 54.0 Å². The normalized spacial score (nSPS) is 35.4. The standard InChI is InChI=1S/C52H68O5/c1-36(2)41-31-42(57-46(53)32-41)25-24-37(3)43-26-27-44-47-49(55-34-39-19-11-7-12-20-39)48(54-33-38-17-9-6-10-18-38)45-23-15-16-28-51(45,5)52(47,30-29-50(43,44)4)56-35-40-21-13-8-14-22-40/h6-14,17-22,26,36-37,41-42,44-45,47-49H,15-16,23-25,27-35H2,1-5H3/t37?,41?,42?,44?,45?,47?,48-,49-,50-,51+,52-/m1/s1. The highest BCUT2D eigenvalue weighted by atomic mass is 16.6. The number of ether oxygens (including phenoxy) is 4. The fourth-order valence-electron chi connectivity index (χ4n) is 12.8. The number of rotatable bonds is 14. The minimum atomic E-state index is -0.360. The molecule has 11 atom stereocenters. The van der Waals surface area contributed by atoms with Crippen molar-refractivity contribution in [1.82, 2.24) is 0 Å². The molecular weight excluding hydrogens is 705 g/mol. The summed E-state index contributed by atoms with van der Waals surface area (Å²) in [6.45, 7) is 13.8. The third-order valence-corrected chi connectivity index (χ3v) is 16.0. The monoisotopic (exact) mass is 773 g/mol. The van der Waals surface area contributed by atoms with E-state index in [9.17, 15) is 4.79 Å². The van der Waals surface area contributed by atoms with Crippen LogP contribution in [-0.2, 0) is 43.6 Å². The first kappa shape index (κ1) is 40.5. The van der Waals surface area contributed by atoms with Crippen LogP contribution in [0.4, 0.5) is 0 Å². The van der Waals surface area contributed by atoms with Gasteiger partial charge in [0.25, 0.3) is 0 Å². The van der Waals surface area contributed by atoms with Crippen LogP contribution in [0.1, 0.15) is 122 Å². The van der Waals surface area contributed by atoms with Crippen molar-refractivity contribution >= 4 is 5.97 Å². The van der Waals surface area contributed by atoms with Crippen molar-refractivity contribution in [3.63, 3.8) is 0 Å². The van der Waals surface area contributed by atoms with Crippen molar-refractivity contribution in [2.24, 2.45) is 46.3 Å². The van der Waals surface area contributed by atoms with Crippen LogP contribution in [0.25, 0.3) is 0 Å². The number of fused-ring (bicyclic) bond motifs is 5. The van der Waals surface area contributed by atoms with Crippen molar-refractivity contribution in [3.8, 4) is 0 Å². The molecule has 4 aliphatic carbocycles. The van der Waals surface area contributed by atoms with Gasteiger partial charge in [0.15, 0.2) is 0 Å². The van der Waals surface area contributed by atoms with Gasteiger partial charge in [-0.25, -0.2) is 0 Å². The second kappa shape index (κ2) is 17.2. The first-order chi connectivity index (χ1) is 27.6. The summed E-state index contributed by atoms with van der Waals surface area (Å²) in [5.41, 5.74) is 4.85. The quantitative estimate of drug-likeness (QED) is 0.121. The van der Waals surface area contributed by atoms with E-state index in [4.69, 9.17) is 18.9 Å². The molecule has 1 saturated heterocycles. The first-order valence-corrected chi connectivity index (χ1v) is 22.5. The molecule has 0 N–H and O–H groups in total. The number of hydrogen-bond donors (Lipinski definition) is 0. The molecule has 3 aromatic rings. The highest BCUT2D eigenvalue weighted by Gasteiger charge is 2.72. The molecule has 0 spiro atoms. The van der Waals surface area contributed by atoms with Gasteiger partial charge in [0.05, 0.1) is 37.6 Å². The second-order valence-electron chi connectivity index (χ2n) is 19.4. The Labute approximate surface area is 343 Å². The molecule has 306 valence electrons. The molecule has 5 nitrogen and oxygen atoms in total. The zero-order valence-electron chi connectivity index (χ0n) is 35.4. The molecule has 8 rings (SSSR count). The van der Waals surface area contributed by atoms with Crippen LogP contribution >= 0.6 is 0 Å². The molecule has 0 radical (unpaired) electrons. The maximum Gasteiger partial charge on any atom is 0.306 e. The van der Waals surface area contributed by atoms with Gasteiger partial charge in [0.2, 0.25) is 0 Å². The largest absolute Gasteiger partial charge is 0.462 e. The van der Waals surface area contributed by atoms with Crippen LogP contribution in [0.2, 0.25) is 0 Å². The molecule has 57 heavy (non-hydrogen) atoms. The Hall–Kier alpha value is -3.25. The van der Waals surface area contributed by atoms with Gasteiger partial charge in [0, 0.05) is 17.8 Å². The summed E-state index contributed by atoms with van der Waals surface area (Å²) in [5.74, 6) is 2.15. The Morgan fingerprint density at radius 1 is 0.737 bits per heavy atom. The summed E-state index contributed by atoms with van der Waals surface area (Å²) >= 11 is 0. The Kier molecular flexibility index (Phi) is 12.2. The number of benzene rings is 3. The van der Waals surface area contributed by atoms with Gasteiger partial charge < -0.3 is 18.9 Å².